The number of nitro groups is 2. The van der Waals surface area contributed by atoms with Gasteiger partial charge in [0.25, 0.3) is 0 Å². The van der Waals surface area contributed by atoms with Crippen LogP contribution in [0.25, 0.3) is 0 Å². The highest BCUT2D eigenvalue weighted by molar-refractivity contribution is 6.31. The van der Waals surface area contributed by atoms with Gasteiger partial charge in [-0.2, -0.15) is 0 Å². The molecule has 11 heteroatoms. The second-order valence-corrected chi connectivity index (χ2v) is 4.01. The monoisotopic (exact) mass is 286 g/mol. The Balaban J connectivity index is 2.65. The summed E-state index contributed by atoms with van der Waals surface area (Å²) in [6.45, 7) is 0. The molecule has 1 aliphatic rings. The summed E-state index contributed by atoms with van der Waals surface area (Å²) in [6.07, 6.45) is 0.926. The summed E-state index contributed by atoms with van der Waals surface area (Å²) in [4.78, 5) is 23.8. The zero-order valence-electron chi connectivity index (χ0n) is 9.16. The predicted molar refractivity (Wildman–Crippen MR) is 65.7 cm³/mol. The van der Waals surface area contributed by atoms with Crippen molar-refractivity contribution < 1.29 is 9.85 Å². The molecule has 19 heavy (non-hydrogen) atoms. The highest BCUT2D eigenvalue weighted by Crippen LogP contribution is 2.40. The average molecular weight is 287 g/mol. The van der Waals surface area contributed by atoms with E-state index in [9.17, 15) is 20.2 Å². The van der Waals surface area contributed by atoms with Gasteiger partial charge in [0.2, 0.25) is 0 Å². The van der Waals surface area contributed by atoms with Crippen molar-refractivity contribution in [1.82, 2.24) is 4.98 Å². The maximum Gasteiger partial charge on any atom is 0.310 e. The molecule has 0 spiro atoms. The van der Waals surface area contributed by atoms with Crippen molar-refractivity contribution in [3.8, 4) is 0 Å². The number of anilines is 2. The molecule has 0 saturated heterocycles. The van der Waals surface area contributed by atoms with Crippen LogP contribution in [0.5, 0.6) is 0 Å². The van der Waals surface area contributed by atoms with Crippen LogP contribution >= 0.6 is 11.6 Å². The Morgan fingerprint density at radius 1 is 1.37 bits per heavy atom. The number of nitrogens with zero attached hydrogens (tertiary/aromatic N) is 3. The lowest BCUT2D eigenvalue weighted by Crippen LogP contribution is -2.28. The van der Waals surface area contributed by atoms with Gasteiger partial charge in [0, 0.05) is 0 Å². The molecule has 1 unspecified atom stereocenters. The van der Waals surface area contributed by atoms with Gasteiger partial charge in [0.05, 0.1) is 15.4 Å². The largest absolute Gasteiger partial charge is 0.393 e. The van der Waals surface area contributed by atoms with E-state index in [1.54, 1.807) is 0 Å². The van der Waals surface area contributed by atoms with Gasteiger partial charge in [-0.25, -0.2) is 4.98 Å². The van der Waals surface area contributed by atoms with E-state index < -0.39 is 27.3 Å². The highest BCUT2D eigenvalue weighted by Gasteiger charge is 2.38. The molecule has 1 aromatic rings. The number of nitrogen functional groups attached to an aromatic ring is 1. The fourth-order valence-corrected chi connectivity index (χ4v) is 2.00. The number of pyridine rings is 1. The SMILES string of the molecule is Nc1c([N+](=O)[O-])cnc2c1C(N)C([N+](=O)[O-])=C(Cl)N2. The molecular formula is C8H7ClN6O4. The number of nitrogens with one attached hydrogen (secondary N) is 1. The van der Waals surface area contributed by atoms with Gasteiger partial charge in [-0.15, -0.1) is 0 Å². The second-order valence-electron chi connectivity index (χ2n) is 3.64. The van der Waals surface area contributed by atoms with E-state index in [-0.39, 0.29) is 22.2 Å². The van der Waals surface area contributed by atoms with Crippen molar-refractivity contribution in [2.45, 2.75) is 6.04 Å². The quantitative estimate of drug-likeness (QED) is 0.406. The van der Waals surface area contributed by atoms with Crippen LogP contribution in [-0.2, 0) is 0 Å². The molecule has 0 saturated carbocycles. The van der Waals surface area contributed by atoms with Gasteiger partial charge in [0.1, 0.15) is 23.7 Å². The van der Waals surface area contributed by atoms with E-state index in [1.807, 2.05) is 0 Å². The first-order chi connectivity index (χ1) is 8.84. The van der Waals surface area contributed by atoms with Gasteiger partial charge in [-0.1, -0.05) is 11.6 Å². The number of hydrogen-bond acceptors (Lipinski definition) is 8. The molecule has 1 atom stereocenters. The van der Waals surface area contributed by atoms with Crippen molar-refractivity contribution in [3.63, 3.8) is 0 Å². The smallest absolute Gasteiger partial charge is 0.310 e. The predicted octanol–water partition coefficient (Wildman–Crippen LogP) is 0.682. The lowest BCUT2D eigenvalue weighted by atomic mass is 10.0. The van der Waals surface area contributed by atoms with E-state index in [0.29, 0.717) is 0 Å². The van der Waals surface area contributed by atoms with Crippen LogP contribution in [0.1, 0.15) is 11.6 Å². The van der Waals surface area contributed by atoms with E-state index in [0.717, 1.165) is 6.20 Å². The lowest BCUT2D eigenvalue weighted by molar-refractivity contribution is -0.431. The minimum atomic E-state index is -1.30. The molecule has 0 amide bonds. The van der Waals surface area contributed by atoms with Crippen LogP contribution in [0.2, 0.25) is 0 Å². The molecular weight excluding hydrogens is 280 g/mol. The Bertz CT molecular complexity index is 630. The molecule has 10 nitrogen and oxygen atoms in total. The fourth-order valence-electron chi connectivity index (χ4n) is 1.73. The minimum absolute atomic E-state index is 0.0229. The van der Waals surface area contributed by atoms with Crippen LogP contribution < -0.4 is 16.8 Å². The molecule has 0 radical (unpaired) electrons. The molecule has 2 heterocycles. The standard InChI is InChI=1S/C8H7ClN6O4/c9-7-6(15(18)19)5(11)3-4(10)2(14(16)17)1-12-8(3)13-7/h1,5H,11H2,(H3,10,12,13). The third-order valence-electron chi connectivity index (χ3n) is 2.59. The number of halogens is 1. The number of hydrogen-bond donors (Lipinski definition) is 3. The van der Waals surface area contributed by atoms with Crippen LogP contribution in [0.3, 0.4) is 0 Å². The number of aromatic nitrogens is 1. The molecule has 0 bridgehead atoms. The van der Waals surface area contributed by atoms with Crippen molar-refractivity contribution in [2.75, 3.05) is 11.1 Å². The normalized spacial score (nSPS) is 17.7. The molecule has 0 aromatic carbocycles. The summed E-state index contributed by atoms with van der Waals surface area (Å²) in [6, 6.07) is -1.30. The van der Waals surface area contributed by atoms with Gasteiger partial charge in [0.15, 0.2) is 5.16 Å². The fraction of sp³-hybridized carbons (Fsp3) is 0.125. The summed E-state index contributed by atoms with van der Waals surface area (Å²) in [5.74, 6) is 0.0613. The zero-order valence-corrected chi connectivity index (χ0v) is 9.92. The average Bonchev–Trinajstić information content (AvgIpc) is 2.27. The third kappa shape index (κ3) is 1.92. The van der Waals surface area contributed by atoms with Gasteiger partial charge in [-0.3, -0.25) is 20.2 Å². The Labute approximate surface area is 110 Å². The van der Waals surface area contributed by atoms with Gasteiger partial charge >= 0.3 is 11.4 Å². The maximum atomic E-state index is 10.9. The van der Waals surface area contributed by atoms with E-state index >= 15 is 0 Å². The maximum absolute atomic E-state index is 10.9. The number of fused-ring (bicyclic) bond motifs is 1. The van der Waals surface area contributed by atoms with E-state index in [4.69, 9.17) is 23.1 Å². The Kier molecular flexibility index (Phi) is 2.96. The topological polar surface area (TPSA) is 163 Å². The van der Waals surface area contributed by atoms with Crippen molar-refractivity contribution >= 4 is 28.8 Å². The second kappa shape index (κ2) is 4.33. The van der Waals surface area contributed by atoms with Crippen LogP contribution in [-0.4, -0.2) is 14.8 Å². The van der Waals surface area contributed by atoms with E-state index in [1.165, 1.54) is 0 Å². The summed E-state index contributed by atoms with van der Waals surface area (Å²) >= 11 is 5.69. The summed E-state index contributed by atoms with van der Waals surface area (Å²) < 4.78 is 0. The first-order valence-corrected chi connectivity index (χ1v) is 5.21. The zero-order chi connectivity index (χ0) is 14.3. The number of rotatable bonds is 2. The molecule has 0 aliphatic carbocycles. The highest BCUT2D eigenvalue weighted by atomic mass is 35.5. The molecule has 100 valence electrons. The Hall–Kier alpha value is -2.46. The minimum Gasteiger partial charge on any atom is -0.393 e. The molecule has 0 fully saturated rings. The van der Waals surface area contributed by atoms with Crippen LogP contribution in [0.4, 0.5) is 17.2 Å². The summed E-state index contributed by atoms with van der Waals surface area (Å²) in [5.41, 5.74) is 10.00. The van der Waals surface area contributed by atoms with Crippen molar-refractivity contribution in [3.05, 3.63) is 42.8 Å². The first-order valence-electron chi connectivity index (χ1n) is 4.84. The van der Waals surface area contributed by atoms with Crippen LogP contribution in [0.15, 0.2) is 17.1 Å². The molecule has 1 aromatic heterocycles. The van der Waals surface area contributed by atoms with Crippen molar-refractivity contribution in [2.24, 2.45) is 5.73 Å². The molecule has 2 rings (SSSR count). The first kappa shape index (κ1) is 13.0. The van der Waals surface area contributed by atoms with Crippen molar-refractivity contribution in [1.29, 1.82) is 0 Å². The summed E-state index contributed by atoms with van der Waals surface area (Å²) in [5, 5.41) is 23.7. The summed E-state index contributed by atoms with van der Waals surface area (Å²) in [7, 11) is 0. The molecule has 5 N–H and O–H groups in total. The van der Waals surface area contributed by atoms with E-state index in [2.05, 4.69) is 10.3 Å². The molecule has 1 aliphatic heterocycles. The van der Waals surface area contributed by atoms with Gasteiger partial charge < -0.3 is 16.8 Å². The van der Waals surface area contributed by atoms with Crippen LogP contribution in [0, 0.1) is 20.2 Å². The van der Waals surface area contributed by atoms with Gasteiger partial charge in [-0.05, 0) is 0 Å². The lowest BCUT2D eigenvalue weighted by Gasteiger charge is -2.21. The Morgan fingerprint density at radius 3 is 2.53 bits per heavy atom. The third-order valence-corrected chi connectivity index (χ3v) is 2.88. The number of nitrogens with two attached hydrogens (primary N) is 2. The Morgan fingerprint density at radius 2 is 2.00 bits per heavy atom.